The van der Waals surface area contributed by atoms with Gasteiger partial charge in [-0.3, -0.25) is 14.5 Å². The Balaban J connectivity index is 1.99. The van der Waals surface area contributed by atoms with Crippen molar-refractivity contribution in [3.63, 3.8) is 0 Å². The zero-order valence-electron chi connectivity index (χ0n) is 17.6. The summed E-state index contributed by atoms with van der Waals surface area (Å²) in [6.45, 7) is 11.1. The number of nitrogens with zero attached hydrogens (tertiary/aromatic N) is 3. The average Bonchev–Trinajstić information content (AvgIpc) is 2.94. The quantitative estimate of drug-likeness (QED) is 0.679. The highest BCUT2D eigenvalue weighted by molar-refractivity contribution is 5.95. The predicted octanol–water partition coefficient (Wildman–Crippen LogP) is 2.11. The van der Waals surface area contributed by atoms with Crippen molar-refractivity contribution in [1.29, 1.82) is 0 Å². The van der Waals surface area contributed by atoms with Crippen LogP contribution >= 0.6 is 0 Å². The molecule has 0 aliphatic carbocycles. The number of hydrogen-bond donors (Lipinski definition) is 0. The number of ether oxygens (including phenoxy) is 2. The monoisotopic (exact) mass is 391 g/mol. The van der Waals surface area contributed by atoms with Crippen molar-refractivity contribution in [1.82, 2.24) is 14.7 Å². The lowest BCUT2D eigenvalue weighted by Gasteiger charge is -2.25. The third kappa shape index (κ3) is 5.61. The average molecular weight is 392 g/mol. The van der Waals surface area contributed by atoms with Gasteiger partial charge in [0.05, 0.1) is 20.3 Å². The van der Waals surface area contributed by atoms with E-state index in [0.29, 0.717) is 49.8 Å². The Morgan fingerprint density at radius 3 is 2.43 bits per heavy atom. The van der Waals surface area contributed by atoms with Crippen LogP contribution in [0.15, 0.2) is 18.2 Å². The number of benzene rings is 1. The van der Waals surface area contributed by atoms with Crippen LogP contribution < -0.4 is 9.47 Å². The summed E-state index contributed by atoms with van der Waals surface area (Å²) in [5.41, 5.74) is 0.591. The molecule has 1 fully saturated rings. The molecule has 0 radical (unpaired) electrons. The minimum atomic E-state index is -0.0155. The largest absolute Gasteiger partial charge is 0.493 e. The van der Waals surface area contributed by atoms with Gasteiger partial charge in [0, 0.05) is 44.8 Å². The van der Waals surface area contributed by atoms with Gasteiger partial charge in [-0.05, 0) is 45.4 Å². The summed E-state index contributed by atoms with van der Waals surface area (Å²) < 4.78 is 10.9. The summed E-state index contributed by atoms with van der Waals surface area (Å²) in [7, 11) is 1.57. The van der Waals surface area contributed by atoms with Crippen molar-refractivity contribution >= 4 is 11.8 Å². The van der Waals surface area contributed by atoms with Crippen molar-refractivity contribution in [3.05, 3.63) is 23.8 Å². The van der Waals surface area contributed by atoms with E-state index in [9.17, 15) is 9.59 Å². The lowest BCUT2D eigenvalue weighted by atomic mass is 10.1. The molecule has 1 aliphatic rings. The Morgan fingerprint density at radius 1 is 1.04 bits per heavy atom. The van der Waals surface area contributed by atoms with Gasteiger partial charge in [-0.25, -0.2) is 0 Å². The van der Waals surface area contributed by atoms with Crippen LogP contribution in [0.4, 0.5) is 0 Å². The lowest BCUT2D eigenvalue weighted by molar-refractivity contribution is -0.132. The molecule has 1 aromatic carbocycles. The van der Waals surface area contributed by atoms with Crippen LogP contribution in [0.5, 0.6) is 11.5 Å². The minimum Gasteiger partial charge on any atom is -0.493 e. The van der Waals surface area contributed by atoms with Crippen molar-refractivity contribution in [2.24, 2.45) is 0 Å². The fourth-order valence-corrected chi connectivity index (χ4v) is 3.46. The first kappa shape index (κ1) is 22.0. The Morgan fingerprint density at radius 2 is 1.79 bits per heavy atom. The van der Waals surface area contributed by atoms with Crippen LogP contribution in [0.2, 0.25) is 0 Å². The molecule has 2 rings (SSSR count). The molecule has 28 heavy (non-hydrogen) atoms. The molecule has 7 heteroatoms. The lowest BCUT2D eigenvalue weighted by Crippen LogP contribution is -2.42. The van der Waals surface area contributed by atoms with Crippen molar-refractivity contribution < 1.29 is 19.1 Å². The molecular weight excluding hydrogens is 358 g/mol. The topological polar surface area (TPSA) is 62.3 Å². The summed E-state index contributed by atoms with van der Waals surface area (Å²) in [5.74, 6) is 1.34. The van der Waals surface area contributed by atoms with Crippen LogP contribution in [-0.2, 0) is 4.79 Å². The zero-order valence-corrected chi connectivity index (χ0v) is 17.6. The first-order valence-corrected chi connectivity index (χ1v) is 10.1. The van der Waals surface area contributed by atoms with E-state index in [2.05, 4.69) is 4.90 Å². The molecule has 0 aromatic heterocycles. The number of methoxy groups -OCH3 is 1. The maximum atomic E-state index is 13.0. The number of rotatable bonds is 8. The first-order valence-electron chi connectivity index (χ1n) is 10.1. The Labute approximate surface area is 168 Å². The minimum absolute atomic E-state index is 0.0155. The second kappa shape index (κ2) is 10.9. The number of carbonyl (C=O) groups is 2. The number of carbonyl (C=O) groups excluding carboxylic acids is 2. The Hall–Kier alpha value is -2.28. The van der Waals surface area contributed by atoms with Crippen molar-refractivity contribution in [2.45, 2.75) is 27.2 Å². The van der Waals surface area contributed by atoms with E-state index in [1.54, 1.807) is 25.3 Å². The molecule has 0 saturated carbocycles. The van der Waals surface area contributed by atoms with Gasteiger partial charge in [0.15, 0.2) is 11.5 Å². The van der Waals surface area contributed by atoms with E-state index in [4.69, 9.17) is 9.47 Å². The van der Waals surface area contributed by atoms with Gasteiger partial charge in [-0.2, -0.15) is 0 Å². The van der Waals surface area contributed by atoms with Crippen LogP contribution in [0.3, 0.4) is 0 Å². The van der Waals surface area contributed by atoms with E-state index in [1.165, 1.54) is 0 Å². The summed E-state index contributed by atoms with van der Waals surface area (Å²) in [6.07, 6.45) is 0.853. The fourth-order valence-electron chi connectivity index (χ4n) is 3.46. The normalized spacial score (nSPS) is 15.1. The van der Waals surface area contributed by atoms with E-state index in [-0.39, 0.29) is 11.8 Å². The molecule has 1 heterocycles. The van der Waals surface area contributed by atoms with Gasteiger partial charge in [0.1, 0.15) is 0 Å². The van der Waals surface area contributed by atoms with Crippen molar-refractivity contribution in [2.75, 3.05) is 59.5 Å². The molecule has 0 spiro atoms. The Bertz CT molecular complexity index is 661. The molecular formula is C21H33N3O4. The van der Waals surface area contributed by atoms with Gasteiger partial charge in [-0.15, -0.1) is 0 Å². The predicted molar refractivity (Wildman–Crippen MR) is 109 cm³/mol. The van der Waals surface area contributed by atoms with Crippen molar-refractivity contribution in [3.8, 4) is 11.5 Å². The fraction of sp³-hybridized carbons (Fsp3) is 0.619. The molecule has 0 unspecified atom stereocenters. The van der Waals surface area contributed by atoms with E-state index < -0.39 is 0 Å². The van der Waals surface area contributed by atoms with Crippen LogP contribution in [-0.4, -0.2) is 86.0 Å². The van der Waals surface area contributed by atoms with Crippen LogP contribution in [0.1, 0.15) is 37.6 Å². The standard InChI is InChI=1S/C21H33N3O4/c1-5-23(6-2)20(25)16-22-11-8-12-24(14-13-22)21(26)17-9-10-18(28-7-3)19(15-17)27-4/h9-10,15H,5-8,11-14,16H2,1-4H3. The Kier molecular flexibility index (Phi) is 8.57. The third-order valence-corrected chi connectivity index (χ3v) is 5.06. The molecule has 1 aliphatic heterocycles. The smallest absolute Gasteiger partial charge is 0.254 e. The molecule has 2 amide bonds. The molecule has 1 aromatic rings. The number of likely N-dealkylation sites (N-methyl/N-ethyl adjacent to an activating group) is 1. The zero-order chi connectivity index (χ0) is 20.5. The van der Waals surface area contributed by atoms with Gasteiger partial charge >= 0.3 is 0 Å². The summed E-state index contributed by atoms with van der Waals surface area (Å²) in [6, 6.07) is 5.30. The van der Waals surface area contributed by atoms with Gasteiger partial charge < -0.3 is 19.3 Å². The highest BCUT2D eigenvalue weighted by atomic mass is 16.5. The van der Waals surface area contributed by atoms with E-state index in [0.717, 1.165) is 26.1 Å². The van der Waals surface area contributed by atoms with Crippen LogP contribution in [0, 0.1) is 0 Å². The maximum Gasteiger partial charge on any atom is 0.254 e. The molecule has 1 saturated heterocycles. The summed E-state index contributed by atoms with van der Waals surface area (Å²) in [4.78, 5) is 31.2. The molecule has 7 nitrogen and oxygen atoms in total. The number of amides is 2. The van der Waals surface area contributed by atoms with Crippen LogP contribution in [0.25, 0.3) is 0 Å². The van der Waals surface area contributed by atoms with Gasteiger partial charge in [0.2, 0.25) is 5.91 Å². The molecule has 0 N–H and O–H groups in total. The highest BCUT2D eigenvalue weighted by Crippen LogP contribution is 2.28. The third-order valence-electron chi connectivity index (χ3n) is 5.06. The molecule has 0 bridgehead atoms. The maximum absolute atomic E-state index is 13.0. The SMILES string of the molecule is CCOc1ccc(C(=O)N2CCCN(CC(=O)N(CC)CC)CC2)cc1OC. The van der Waals surface area contributed by atoms with E-state index >= 15 is 0 Å². The second-order valence-corrected chi connectivity index (χ2v) is 6.79. The molecule has 156 valence electrons. The molecule has 0 atom stereocenters. The summed E-state index contributed by atoms with van der Waals surface area (Å²) in [5, 5.41) is 0. The van der Waals surface area contributed by atoms with Gasteiger partial charge in [0.25, 0.3) is 5.91 Å². The van der Waals surface area contributed by atoms with E-state index in [1.807, 2.05) is 30.6 Å². The summed E-state index contributed by atoms with van der Waals surface area (Å²) >= 11 is 0. The second-order valence-electron chi connectivity index (χ2n) is 6.79. The van der Waals surface area contributed by atoms with Gasteiger partial charge in [-0.1, -0.05) is 0 Å². The highest BCUT2D eigenvalue weighted by Gasteiger charge is 2.23. The first-order chi connectivity index (χ1) is 13.5. The number of hydrogen-bond acceptors (Lipinski definition) is 5.